The zero-order chi connectivity index (χ0) is 20.9. The van der Waals surface area contributed by atoms with E-state index in [2.05, 4.69) is 20.6 Å². The quantitative estimate of drug-likeness (QED) is 0.480. The molecule has 0 aliphatic rings. The summed E-state index contributed by atoms with van der Waals surface area (Å²) in [5.74, 6) is -0.582. The third-order valence-electron chi connectivity index (χ3n) is 4.19. The maximum atomic E-state index is 12.9. The Bertz CT molecular complexity index is 1210. The fourth-order valence-electron chi connectivity index (χ4n) is 2.81. The van der Waals surface area contributed by atoms with E-state index in [-0.39, 0.29) is 11.4 Å². The molecule has 7 nitrogen and oxygen atoms in total. The van der Waals surface area contributed by atoms with Crippen LogP contribution in [0.25, 0.3) is 11.3 Å². The molecule has 0 fully saturated rings. The van der Waals surface area contributed by atoms with Gasteiger partial charge in [0.15, 0.2) is 17.8 Å². The number of amides is 2. The lowest BCUT2D eigenvalue weighted by Gasteiger charge is -2.12. The largest absolute Gasteiger partial charge is 0.443 e. The highest BCUT2D eigenvalue weighted by Crippen LogP contribution is 2.28. The van der Waals surface area contributed by atoms with Crippen LogP contribution in [0.15, 0.2) is 83.7 Å². The van der Waals surface area contributed by atoms with E-state index in [0.29, 0.717) is 27.7 Å². The third kappa shape index (κ3) is 4.21. The number of nitrogens with zero attached hydrogens (tertiary/aromatic N) is 2. The average molecular weight is 419 g/mol. The van der Waals surface area contributed by atoms with Gasteiger partial charge >= 0.3 is 0 Å². The van der Waals surface area contributed by atoms with Crippen LogP contribution in [0.4, 0.5) is 11.4 Å². The highest BCUT2D eigenvalue weighted by atomic mass is 35.5. The highest BCUT2D eigenvalue weighted by molar-refractivity contribution is 6.30. The summed E-state index contributed by atoms with van der Waals surface area (Å²) in [6.07, 6.45) is 2.73. The molecule has 0 aliphatic heterocycles. The van der Waals surface area contributed by atoms with Crippen LogP contribution in [0.5, 0.6) is 0 Å². The van der Waals surface area contributed by atoms with Crippen molar-refractivity contribution >= 4 is 34.8 Å². The van der Waals surface area contributed by atoms with Crippen LogP contribution in [-0.2, 0) is 0 Å². The molecule has 4 aromatic rings. The van der Waals surface area contributed by atoms with Crippen molar-refractivity contribution in [1.82, 2.24) is 9.97 Å². The lowest BCUT2D eigenvalue weighted by atomic mass is 10.1. The molecule has 4 rings (SSSR count). The fourth-order valence-corrected chi connectivity index (χ4v) is 3.00. The molecule has 2 aromatic heterocycles. The molecule has 2 N–H and O–H groups in total. The number of hydrogen-bond donors (Lipinski definition) is 2. The van der Waals surface area contributed by atoms with Gasteiger partial charge < -0.3 is 15.1 Å². The Morgan fingerprint density at radius 2 is 1.57 bits per heavy atom. The number of para-hydroxylation sites is 2. The van der Waals surface area contributed by atoms with Crippen LogP contribution in [0, 0.1) is 0 Å². The van der Waals surface area contributed by atoms with E-state index in [0.717, 1.165) is 0 Å². The number of rotatable bonds is 5. The first-order valence-electron chi connectivity index (χ1n) is 8.94. The van der Waals surface area contributed by atoms with Crippen molar-refractivity contribution in [3.63, 3.8) is 0 Å². The zero-order valence-corrected chi connectivity index (χ0v) is 16.3. The molecule has 0 bridgehead atoms. The Labute approximate surface area is 176 Å². The number of carbonyl (C=O) groups is 2. The molecule has 30 heavy (non-hydrogen) atoms. The van der Waals surface area contributed by atoms with Crippen molar-refractivity contribution in [2.75, 3.05) is 10.6 Å². The molecule has 148 valence electrons. The summed E-state index contributed by atoms with van der Waals surface area (Å²) in [7, 11) is 0. The van der Waals surface area contributed by atoms with Crippen molar-refractivity contribution in [1.29, 1.82) is 0 Å². The van der Waals surface area contributed by atoms with Gasteiger partial charge in [-0.2, -0.15) is 0 Å². The van der Waals surface area contributed by atoms with Gasteiger partial charge in [-0.3, -0.25) is 14.6 Å². The minimum atomic E-state index is -0.488. The predicted molar refractivity (Wildman–Crippen MR) is 114 cm³/mol. The van der Waals surface area contributed by atoms with Gasteiger partial charge in [-0.15, -0.1) is 0 Å². The number of halogens is 1. The Morgan fingerprint density at radius 3 is 2.27 bits per heavy atom. The van der Waals surface area contributed by atoms with Gasteiger partial charge in [-0.25, -0.2) is 4.98 Å². The zero-order valence-electron chi connectivity index (χ0n) is 15.5. The van der Waals surface area contributed by atoms with Gasteiger partial charge in [0.1, 0.15) is 5.69 Å². The van der Waals surface area contributed by atoms with E-state index in [4.69, 9.17) is 16.0 Å². The topological polar surface area (TPSA) is 97.1 Å². The van der Waals surface area contributed by atoms with E-state index in [9.17, 15) is 9.59 Å². The van der Waals surface area contributed by atoms with Gasteiger partial charge in [0, 0.05) is 16.8 Å². The second-order valence-electron chi connectivity index (χ2n) is 6.21. The molecular formula is C22H15ClN4O3. The van der Waals surface area contributed by atoms with Crippen LogP contribution in [0.3, 0.4) is 0 Å². The third-order valence-corrected chi connectivity index (χ3v) is 4.43. The number of oxazole rings is 1. The fraction of sp³-hybridized carbons (Fsp3) is 0. The summed E-state index contributed by atoms with van der Waals surface area (Å²) >= 11 is 6.04. The van der Waals surface area contributed by atoms with Crippen molar-refractivity contribution in [2.45, 2.75) is 0 Å². The summed E-state index contributed by atoms with van der Waals surface area (Å²) < 4.78 is 5.41. The molecular weight excluding hydrogens is 404 g/mol. The van der Waals surface area contributed by atoms with Crippen molar-refractivity contribution in [3.05, 3.63) is 95.7 Å². The minimum absolute atomic E-state index is 0.100. The predicted octanol–water partition coefficient (Wildman–Crippen LogP) is 4.89. The number of anilines is 2. The second-order valence-corrected chi connectivity index (χ2v) is 6.65. The molecule has 2 amide bonds. The SMILES string of the molecule is O=C(Nc1ccccc1NC(=O)c1ncoc1-c1cccc(Cl)c1)c1ccccn1. The highest BCUT2D eigenvalue weighted by Gasteiger charge is 2.20. The molecule has 2 aromatic carbocycles. The van der Waals surface area contributed by atoms with E-state index in [1.807, 2.05) is 0 Å². The van der Waals surface area contributed by atoms with Gasteiger partial charge in [-0.05, 0) is 36.4 Å². The number of pyridine rings is 1. The van der Waals surface area contributed by atoms with Crippen molar-refractivity contribution in [2.24, 2.45) is 0 Å². The Kier molecular flexibility index (Phi) is 5.54. The number of hydrogen-bond acceptors (Lipinski definition) is 5. The molecule has 0 spiro atoms. The van der Waals surface area contributed by atoms with Gasteiger partial charge in [0.05, 0.1) is 11.4 Å². The lowest BCUT2D eigenvalue weighted by molar-refractivity contribution is 0.101. The summed E-state index contributed by atoms with van der Waals surface area (Å²) in [6, 6.07) is 18.8. The summed E-state index contributed by atoms with van der Waals surface area (Å²) in [5.41, 5.74) is 1.82. The Hall–Kier alpha value is -3.97. The molecule has 0 aliphatic carbocycles. The van der Waals surface area contributed by atoms with Crippen LogP contribution < -0.4 is 10.6 Å². The smallest absolute Gasteiger partial charge is 0.278 e. The van der Waals surface area contributed by atoms with Gasteiger partial charge in [-0.1, -0.05) is 41.9 Å². The number of nitrogens with one attached hydrogen (secondary N) is 2. The molecule has 0 saturated carbocycles. The van der Waals surface area contributed by atoms with E-state index in [1.165, 1.54) is 12.6 Å². The summed E-state index contributed by atoms with van der Waals surface area (Å²) in [4.78, 5) is 33.4. The second kappa shape index (κ2) is 8.59. The molecule has 0 atom stereocenters. The Balaban J connectivity index is 1.57. The van der Waals surface area contributed by atoms with E-state index >= 15 is 0 Å². The summed E-state index contributed by atoms with van der Waals surface area (Å²) in [6.45, 7) is 0. The molecule has 0 unspecified atom stereocenters. The lowest BCUT2D eigenvalue weighted by Crippen LogP contribution is -2.18. The first-order valence-corrected chi connectivity index (χ1v) is 9.32. The maximum Gasteiger partial charge on any atom is 0.278 e. The number of benzene rings is 2. The number of aromatic nitrogens is 2. The minimum Gasteiger partial charge on any atom is -0.443 e. The van der Waals surface area contributed by atoms with Crippen LogP contribution in [-0.4, -0.2) is 21.8 Å². The van der Waals surface area contributed by atoms with E-state index < -0.39 is 11.8 Å². The van der Waals surface area contributed by atoms with Crippen molar-refractivity contribution in [3.8, 4) is 11.3 Å². The normalized spacial score (nSPS) is 10.4. The number of carbonyl (C=O) groups excluding carboxylic acids is 2. The van der Waals surface area contributed by atoms with E-state index in [1.54, 1.807) is 66.7 Å². The standard InChI is InChI=1S/C22H15ClN4O3/c23-15-7-5-6-14(12-15)20-19(25-13-30-20)22(29)27-17-9-2-1-8-16(17)26-21(28)18-10-3-4-11-24-18/h1-13H,(H,26,28)(H,27,29). The molecule has 2 heterocycles. The first-order chi connectivity index (χ1) is 14.6. The van der Waals surface area contributed by atoms with Gasteiger partial charge in [0.25, 0.3) is 11.8 Å². The molecule has 8 heteroatoms. The molecule has 0 saturated heterocycles. The maximum absolute atomic E-state index is 12.9. The average Bonchev–Trinajstić information content (AvgIpc) is 3.26. The van der Waals surface area contributed by atoms with Crippen molar-refractivity contribution < 1.29 is 14.0 Å². The van der Waals surface area contributed by atoms with Crippen LogP contribution in [0.2, 0.25) is 5.02 Å². The first kappa shape index (κ1) is 19.4. The monoisotopic (exact) mass is 418 g/mol. The Morgan fingerprint density at radius 1 is 0.833 bits per heavy atom. The van der Waals surface area contributed by atoms with Crippen LogP contribution >= 0.6 is 11.6 Å². The molecule has 0 radical (unpaired) electrons. The van der Waals surface area contributed by atoms with Gasteiger partial charge in [0.2, 0.25) is 0 Å². The summed E-state index contributed by atoms with van der Waals surface area (Å²) in [5, 5.41) is 6.03. The van der Waals surface area contributed by atoms with Crippen LogP contribution in [0.1, 0.15) is 21.0 Å².